The number of aliphatic hydroxyl groups is 1. The first-order chi connectivity index (χ1) is 8.50. The molecule has 0 amide bonds. The fourth-order valence-electron chi connectivity index (χ4n) is 2.61. The minimum atomic E-state index is -0.389. The van der Waals surface area contributed by atoms with Crippen LogP contribution in [0.2, 0.25) is 0 Å². The smallest absolute Gasteiger partial charge is 0.115 e. The zero-order chi connectivity index (χ0) is 13.2. The van der Waals surface area contributed by atoms with Gasteiger partial charge >= 0.3 is 0 Å². The van der Waals surface area contributed by atoms with Crippen molar-refractivity contribution in [2.75, 3.05) is 13.1 Å². The average molecular weight is 249 g/mol. The highest BCUT2D eigenvalue weighted by molar-refractivity contribution is 5.26. The first-order valence-corrected chi connectivity index (χ1v) is 6.71. The summed E-state index contributed by atoms with van der Waals surface area (Å²) in [5.41, 5.74) is 0.876. The molecule has 3 heteroatoms. The molecular formula is C15H23NO2. The number of hydrogen-bond donors (Lipinski definition) is 2. The van der Waals surface area contributed by atoms with E-state index in [1.807, 2.05) is 12.1 Å². The van der Waals surface area contributed by atoms with E-state index in [4.69, 9.17) is 0 Å². The van der Waals surface area contributed by atoms with Crippen LogP contribution >= 0.6 is 0 Å². The molecule has 100 valence electrons. The molecule has 0 saturated carbocycles. The fourth-order valence-corrected chi connectivity index (χ4v) is 2.61. The van der Waals surface area contributed by atoms with E-state index in [1.165, 1.54) is 12.8 Å². The number of benzene rings is 1. The largest absolute Gasteiger partial charge is 0.508 e. The van der Waals surface area contributed by atoms with Crippen LogP contribution in [0.4, 0.5) is 0 Å². The first kappa shape index (κ1) is 13.4. The normalized spacial score (nSPS) is 19.1. The Labute approximate surface area is 109 Å². The van der Waals surface area contributed by atoms with Crippen LogP contribution in [0.15, 0.2) is 24.3 Å². The number of likely N-dealkylation sites (tertiary alicyclic amines) is 1. The van der Waals surface area contributed by atoms with Gasteiger partial charge in [0.1, 0.15) is 5.75 Å². The Morgan fingerprint density at radius 3 is 2.28 bits per heavy atom. The van der Waals surface area contributed by atoms with Crippen molar-refractivity contribution in [3.05, 3.63) is 29.8 Å². The van der Waals surface area contributed by atoms with Gasteiger partial charge in [0.25, 0.3) is 0 Å². The van der Waals surface area contributed by atoms with Gasteiger partial charge in [-0.05, 0) is 57.5 Å². The van der Waals surface area contributed by atoms with Crippen molar-refractivity contribution in [2.45, 2.75) is 44.8 Å². The van der Waals surface area contributed by atoms with Crippen LogP contribution in [0, 0.1) is 0 Å². The molecule has 1 saturated heterocycles. The fraction of sp³-hybridized carbons (Fsp3) is 0.600. The Morgan fingerprint density at radius 1 is 1.17 bits per heavy atom. The zero-order valence-electron chi connectivity index (χ0n) is 11.3. The quantitative estimate of drug-likeness (QED) is 0.859. The van der Waals surface area contributed by atoms with Gasteiger partial charge in [0.15, 0.2) is 0 Å². The second kappa shape index (κ2) is 5.29. The SMILES string of the molecule is CC(C)(C(O)Cc1ccc(O)cc1)N1CCCC1. The number of nitrogens with zero attached hydrogens (tertiary/aromatic N) is 1. The second-order valence-corrected chi connectivity index (χ2v) is 5.73. The van der Waals surface area contributed by atoms with Gasteiger partial charge in [-0.1, -0.05) is 12.1 Å². The van der Waals surface area contributed by atoms with Gasteiger partial charge in [0, 0.05) is 12.0 Å². The van der Waals surface area contributed by atoms with E-state index in [2.05, 4.69) is 18.7 Å². The number of aromatic hydroxyl groups is 1. The molecule has 1 heterocycles. The van der Waals surface area contributed by atoms with Crippen molar-refractivity contribution in [1.29, 1.82) is 0 Å². The van der Waals surface area contributed by atoms with E-state index < -0.39 is 0 Å². The number of phenols is 1. The molecule has 0 spiro atoms. The molecule has 1 aliphatic heterocycles. The Morgan fingerprint density at radius 2 is 1.72 bits per heavy atom. The monoisotopic (exact) mass is 249 g/mol. The molecule has 0 bridgehead atoms. The summed E-state index contributed by atoms with van der Waals surface area (Å²) in [6, 6.07) is 7.09. The molecular weight excluding hydrogens is 226 g/mol. The maximum Gasteiger partial charge on any atom is 0.115 e. The number of hydrogen-bond acceptors (Lipinski definition) is 3. The maximum absolute atomic E-state index is 10.5. The van der Waals surface area contributed by atoms with Gasteiger partial charge in [-0.25, -0.2) is 0 Å². The topological polar surface area (TPSA) is 43.7 Å². The van der Waals surface area contributed by atoms with E-state index in [-0.39, 0.29) is 17.4 Å². The molecule has 2 N–H and O–H groups in total. The zero-order valence-corrected chi connectivity index (χ0v) is 11.3. The Hall–Kier alpha value is -1.06. The molecule has 1 unspecified atom stereocenters. The molecule has 18 heavy (non-hydrogen) atoms. The second-order valence-electron chi connectivity index (χ2n) is 5.73. The molecule has 0 aliphatic carbocycles. The van der Waals surface area contributed by atoms with E-state index in [9.17, 15) is 10.2 Å². The van der Waals surface area contributed by atoms with Gasteiger partial charge in [-0.15, -0.1) is 0 Å². The third kappa shape index (κ3) is 2.85. The first-order valence-electron chi connectivity index (χ1n) is 6.71. The molecule has 3 nitrogen and oxygen atoms in total. The Bertz CT molecular complexity index is 380. The highest BCUT2D eigenvalue weighted by Crippen LogP contribution is 2.26. The summed E-state index contributed by atoms with van der Waals surface area (Å²) in [4.78, 5) is 2.37. The summed E-state index contributed by atoms with van der Waals surface area (Å²) < 4.78 is 0. The number of rotatable bonds is 4. The third-order valence-corrected chi connectivity index (χ3v) is 4.10. The molecule has 1 fully saturated rings. The molecule has 1 aromatic rings. The van der Waals surface area contributed by atoms with Crippen LogP contribution in [-0.2, 0) is 6.42 Å². The van der Waals surface area contributed by atoms with Crippen LogP contribution < -0.4 is 0 Å². The van der Waals surface area contributed by atoms with Crippen molar-refractivity contribution in [3.63, 3.8) is 0 Å². The Kier molecular flexibility index (Phi) is 3.93. The lowest BCUT2D eigenvalue weighted by Gasteiger charge is -2.39. The van der Waals surface area contributed by atoms with E-state index >= 15 is 0 Å². The summed E-state index contributed by atoms with van der Waals surface area (Å²) in [5, 5.41) is 19.7. The van der Waals surface area contributed by atoms with E-state index in [0.717, 1.165) is 18.7 Å². The molecule has 0 aromatic heterocycles. The lowest BCUT2D eigenvalue weighted by Crippen LogP contribution is -2.51. The van der Waals surface area contributed by atoms with Crippen LogP contribution in [0.25, 0.3) is 0 Å². The lowest BCUT2D eigenvalue weighted by atomic mass is 9.90. The highest BCUT2D eigenvalue weighted by Gasteiger charge is 2.35. The van der Waals surface area contributed by atoms with Crippen molar-refractivity contribution >= 4 is 0 Å². The van der Waals surface area contributed by atoms with Crippen molar-refractivity contribution in [2.24, 2.45) is 0 Å². The molecule has 1 atom stereocenters. The average Bonchev–Trinajstić information content (AvgIpc) is 2.86. The summed E-state index contributed by atoms with van der Waals surface area (Å²) in [7, 11) is 0. The van der Waals surface area contributed by atoms with Gasteiger partial charge in [0.05, 0.1) is 6.10 Å². The predicted octanol–water partition coefficient (Wildman–Crippen LogP) is 2.17. The number of phenolic OH excluding ortho intramolecular Hbond substituents is 1. The van der Waals surface area contributed by atoms with Crippen molar-refractivity contribution < 1.29 is 10.2 Å². The van der Waals surface area contributed by atoms with Crippen LogP contribution in [-0.4, -0.2) is 39.8 Å². The minimum absolute atomic E-state index is 0.186. The van der Waals surface area contributed by atoms with E-state index in [0.29, 0.717) is 6.42 Å². The van der Waals surface area contributed by atoms with Crippen molar-refractivity contribution in [1.82, 2.24) is 4.90 Å². The molecule has 1 aromatic carbocycles. The van der Waals surface area contributed by atoms with Gasteiger partial charge in [0.2, 0.25) is 0 Å². The predicted molar refractivity (Wildman–Crippen MR) is 72.7 cm³/mol. The standard InChI is InChI=1S/C15H23NO2/c1-15(2,16-9-3-4-10-16)14(18)11-12-5-7-13(17)8-6-12/h5-8,14,17-18H,3-4,9-11H2,1-2H3. The maximum atomic E-state index is 10.5. The van der Waals surface area contributed by atoms with Crippen molar-refractivity contribution in [3.8, 4) is 5.75 Å². The number of aliphatic hydroxyl groups excluding tert-OH is 1. The molecule has 1 aliphatic rings. The van der Waals surface area contributed by atoms with Crippen LogP contribution in [0.1, 0.15) is 32.3 Å². The van der Waals surface area contributed by atoms with Crippen LogP contribution in [0.3, 0.4) is 0 Å². The third-order valence-electron chi connectivity index (χ3n) is 4.10. The van der Waals surface area contributed by atoms with Crippen LogP contribution in [0.5, 0.6) is 5.75 Å². The molecule has 2 rings (SSSR count). The van der Waals surface area contributed by atoms with Gasteiger partial charge < -0.3 is 10.2 Å². The molecule has 0 radical (unpaired) electrons. The van der Waals surface area contributed by atoms with Gasteiger partial charge in [-0.3, -0.25) is 4.90 Å². The van der Waals surface area contributed by atoms with Gasteiger partial charge in [-0.2, -0.15) is 0 Å². The minimum Gasteiger partial charge on any atom is -0.508 e. The summed E-state index contributed by atoms with van der Waals surface area (Å²) in [6.07, 6.45) is 2.70. The highest BCUT2D eigenvalue weighted by atomic mass is 16.3. The summed E-state index contributed by atoms with van der Waals surface area (Å²) in [5.74, 6) is 0.270. The summed E-state index contributed by atoms with van der Waals surface area (Å²) in [6.45, 7) is 6.39. The summed E-state index contributed by atoms with van der Waals surface area (Å²) >= 11 is 0. The Balaban J connectivity index is 2.01. The van der Waals surface area contributed by atoms with E-state index in [1.54, 1.807) is 12.1 Å². The lowest BCUT2D eigenvalue weighted by molar-refractivity contribution is 0.00337.